The third-order valence-corrected chi connectivity index (χ3v) is 5.55. The monoisotopic (exact) mass is 518 g/mol. The number of nitrogens with zero attached hydrogens (tertiary/aromatic N) is 2. The molecule has 1 aliphatic rings. The number of carboxylic acid groups (broad SMARTS) is 1. The van der Waals surface area contributed by atoms with Crippen molar-refractivity contribution < 1.29 is 27.9 Å². The smallest absolute Gasteiger partial charge is 0.475 e. The lowest BCUT2D eigenvalue weighted by molar-refractivity contribution is -0.192. The Morgan fingerprint density at radius 1 is 1.26 bits per heavy atom. The quantitative estimate of drug-likeness (QED) is 0.377. The van der Waals surface area contributed by atoms with Gasteiger partial charge < -0.3 is 27.2 Å². The van der Waals surface area contributed by atoms with E-state index in [0.717, 1.165) is 25.7 Å². The van der Waals surface area contributed by atoms with Gasteiger partial charge in [0.1, 0.15) is 6.54 Å². The molecule has 0 atom stereocenters. The van der Waals surface area contributed by atoms with Crippen molar-refractivity contribution in [1.29, 1.82) is 0 Å². The third-order valence-electron chi connectivity index (χ3n) is 5.19. The topological polar surface area (TPSA) is 165 Å². The van der Waals surface area contributed by atoms with Crippen LogP contribution >= 0.6 is 11.6 Å². The first-order valence-electron chi connectivity index (χ1n) is 10.5. The first kappa shape index (κ1) is 27.9. The summed E-state index contributed by atoms with van der Waals surface area (Å²) in [6.07, 6.45) is -1.56. The van der Waals surface area contributed by atoms with Crippen LogP contribution in [0.5, 0.6) is 0 Å². The second kappa shape index (κ2) is 11.9. The molecule has 1 aromatic carbocycles. The number of nitrogens with one attached hydrogen (secondary N) is 2. The number of hydrogen-bond acceptors (Lipinski definition) is 7. The number of alkyl halides is 3. The minimum Gasteiger partial charge on any atom is -0.475 e. The van der Waals surface area contributed by atoms with Crippen molar-refractivity contribution in [3.05, 3.63) is 45.5 Å². The third kappa shape index (κ3) is 8.44. The summed E-state index contributed by atoms with van der Waals surface area (Å²) < 4.78 is 33.1. The molecule has 0 aliphatic heterocycles. The SMILES string of the molecule is Cc1c(Cl)nc(NC2CCC(N)CC2)c(=O)n1CC(=O)Nc1cccc(N)c1.O=C(O)C(F)(F)F. The maximum atomic E-state index is 12.9. The lowest BCUT2D eigenvalue weighted by Crippen LogP contribution is -2.37. The van der Waals surface area contributed by atoms with Crippen molar-refractivity contribution in [3.63, 3.8) is 0 Å². The van der Waals surface area contributed by atoms with Gasteiger partial charge in [0, 0.05) is 23.5 Å². The van der Waals surface area contributed by atoms with Crippen molar-refractivity contribution in [1.82, 2.24) is 9.55 Å². The fourth-order valence-corrected chi connectivity index (χ4v) is 3.51. The van der Waals surface area contributed by atoms with Gasteiger partial charge in [-0.2, -0.15) is 13.2 Å². The van der Waals surface area contributed by atoms with E-state index in [1.165, 1.54) is 4.57 Å². The van der Waals surface area contributed by atoms with E-state index in [0.29, 0.717) is 17.1 Å². The number of hydrogen-bond donors (Lipinski definition) is 5. The molecule has 7 N–H and O–H groups in total. The number of nitrogens with two attached hydrogens (primary N) is 2. The van der Waals surface area contributed by atoms with E-state index in [1.807, 2.05) is 0 Å². The van der Waals surface area contributed by atoms with Crippen LogP contribution in [0.15, 0.2) is 29.1 Å². The molecule has 2 aromatic rings. The number of aliphatic carboxylic acids is 1. The van der Waals surface area contributed by atoms with Gasteiger partial charge in [-0.25, -0.2) is 9.78 Å². The number of benzene rings is 1. The second-order valence-corrected chi connectivity index (χ2v) is 8.32. The number of carboxylic acids is 1. The van der Waals surface area contributed by atoms with E-state index in [2.05, 4.69) is 15.6 Å². The highest BCUT2D eigenvalue weighted by Crippen LogP contribution is 2.21. The van der Waals surface area contributed by atoms with Crippen LogP contribution < -0.4 is 27.7 Å². The Morgan fingerprint density at radius 3 is 2.40 bits per heavy atom. The van der Waals surface area contributed by atoms with Gasteiger partial charge in [-0.15, -0.1) is 0 Å². The van der Waals surface area contributed by atoms with Crippen LogP contribution in [-0.4, -0.2) is 44.8 Å². The fraction of sp³-hybridized carbons (Fsp3) is 0.429. The Labute approximate surface area is 203 Å². The molecule has 35 heavy (non-hydrogen) atoms. The van der Waals surface area contributed by atoms with Crippen LogP contribution in [0, 0.1) is 6.92 Å². The molecule has 1 aliphatic carbocycles. The first-order valence-corrected chi connectivity index (χ1v) is 10.9. The predicted octanol–water partition coefficient (Wildman–Crippen LogP) is 2.74. The summed E-state index contributed by atoms with van der Waals surface area (Å²) in [4.78, 5) is 38.4. The van der Waals surface area contributed by atoms with Gasteiger partial charge in [0.25, 0.3) is 5.56 Å². The van der Waals surface area contributed by atoms with Crippen molar-refractivity contribution >= 4 is 40.7 Å². The second-order valence-electron chi connectivity index (χ2n) is 7.96. The number of carbonyl (C=O) groups excluding carboxylic acids is 1. The van der Waals surface area contributed by atoms with Gasteiger partial charge in [-0.1, -0.05) is 17.7 Å². The minimum atomic E-state index is -5.08. The zero-order valence-electron chi connectivity index (χ0n) is 18.7. The van der Waals surface area contributed by atoms with E-state index in [9.17, 15) is 22.8 Å². The summed E-state index contributed by atoms with van der Waals surface area (Å²) >= 11 is 6.22. The zero-order chi connectivity index (χ0) is 26.3. The van der Waals surface area contributed by atoms with E-state index < -0.39 is 12.1 Å². The zero-order valence-corrected chi connectivity index (χ0v) is 19.5. The summed E-state index contributed by atoms with van der Waals surface area (Å²) in [5.41, 5.74) is 12.8. The summed E-state index contributed by atoms with van der Waals surface area (Å²) in [5, 5.41) is 13.2. The molecule has 1 heterocycles. The van der Waals surface area contributed by atoms with E-state index >= 15 is 0 Å². The molecular weight excluding hydrogens is 493 g/mol. The van der Waals surface area contributed by atoms with Crippen molar-refractivity contribution in [2.75, 3.05) is 16.4 Å². The first-order chi connectivity index (χ1) is 16.3. The molecule has 1 saturated carbocycles. The summed E-state index contributed by atoms with van der Waals surface area (Å²) in [5.74, 6) is -2.95. The van der Waals surface area contributed by atoms with E-state index in [-0.39, 0.29) is 41.1 Å². The molecular formula is C21H26ClF3N6O4. The summed E-state index contributed by atoms with van der Waals surface area (Å²) in [6.45, 7) is 1.49. The molecule has 0 saturated heterocycles. The maximum absolute atomic E-state index is 12.9. The lowest BCUT2D eigenvalue weighted by Gasteiger charge is -2.27. The molecule has 0 radical (unpaired) electrons. The minimum absolute atomic E-state index is 0.119. The Hall–Kier alpha value is -3.32. The molecule has 10 nitrogen and oxygen atoms in total. The largest absolute Gasteiger partial charge is 0.490 e. The van der Waals surface area contributed by atoms with Gasteiger partial charge >= 0.3 is 12.1 Å². The van der Waals surface area contributed by atoms with Crippen LogP contribution in [0.4, 0.5) is 30.4 Å². The van der Waals surface area contributed by atoms with Crippen LogP contribution in [0.3, 0.4) is 0 Å². The van der Waals surface area contributed by atoms with Crippen LogP contribution in [0.1, 0.15) is 31.4 Å². The molecule has 1 fully saturated rings. The summed E-state index contributed by atoms with van der Waals surface area (Å²) in [7, 11) is 0. The number of amides is 1. The number of carbonyl (C=O) groups is 2. The summed E-state index contributed by atoms with van der Waals surface area (Å²) in [6, 6.07) is 7.17. The predicted molar refractivity (Wildman–Crippen MR) is 125 cm³/mol. The van der Waals surface area contributed by atoms with Crippen LogP contribution in [0.2, 0.25) is 5.15 Å². The van der Waals surface area contributed by atoms with E-state index in [4.69, 9.17) is 33.0 Å². The molecule has 3 rings (SSSR count). The average Bonchev–Trinajstić information content (AvgIpc) is 2.76. The Bertz CT molecular complexity index is 1120. The lowest BCUT2D eigenvalue weighted by atomic mass is 9.92. The number of aromatic nitrogens is 2. The molecule has 14 heteroatoms. The van der Waals surface area contributed by atoms with E-state index in [1.54, 1.807) is 31.2 Å². The highest BCUT2D eigenvalue weighted by atomic mass is 35.5. The molecule has 1 amide bonds. The number of anilines is 3. The van der Waals surface area contributed by atoms with Gasteiger partial charge in [0.15, 0.2) is 11.0 Å². The van der Waals surface area contributed by atoms with Crippen LogP contribution in [0.25, 0.3) is 0 Å². The van der Waals surface area contributed by atoms with Gasteiger partial charge in [-0.3, -0.25) is 14.2 Å². The van der Waals surface area contributed by atoms with Crippen molar-refractivity contribution in [2.45, 2.75) is 57.4 Å². The maximum Gasteiger partial charge on any atom is 0.490 e. The van der Waals surface area contributed by atoms with Gasteiger partial charge in [0.05, 0.1) is 5.69 Å². The Balaban J connectivity index is 0.000000540. The number of rotatable bonds is 5. The normalized spacial score (nSPS) is 17.7. The highest BCUT2D eigenvalue weighted by molar-refractivity contribution is 6.30. The molecule has 1 aromatic heterocycles. The van der Waals surface area contributed by atoms with Crippen LogP contribution in [-0.2, 0) is 16.1 Å². The Kier molecular flexibility index (Phi) is 9.48. The van der Waals surface area contributed by atoms with Gasteiger partial charge in [0.2, 0.25) is 5.91 Å². The number of nitrogen functional groups attached to an aromatic ring is 1. The standard InChI is InChI=1S/C19H25ClN6O2.C2HF3O2/c1-11-17(20)25-18(24-14-7-5-12(21)6-8-14)19(28)26(11)10-16(27)23-15-4-2-3-13(22)9-15;3-2(4,5)1(6)7/h2-4,9,12,14H,5-8,10,21-22H2,1H3,(H,23,27)(H,24,25);(H,6,7). The molecule has 0 unspecified atom stereocenters. The van der Waals surface area contributed by atoms with Crippen molar-refractivity contribution in [2.24, 2.45) is 5.73 Å². The molecule has 0 spiro atoms. The average molecular weight is 519 g/mol. The van der Waals surface area contributed by atoms with Crippen molar-refractivity contribution in [3.8, 4) is 0 Å². The highest BCUT2D eigenvalue weighted by Gasteiger charge is 2.38. The molecule has 0 bridgehead atoms. The molecule has 192 valence electrons. The number of halogens is 4. The van der Waals surface area contributed by atoms with Gasteiger partial charge in [-0.05, 0) is 50.8 Å². The fourth-order valence-electron chi connectivity index (χ4n) is 3.32. The Morgan fingerprint density at radius 2 is 1.86 bits per heavy atom.